The molecular weight excluding hydrogens is 172 g/mol. The predicted octanol–water partition coefficient (Wildman–Crippen LogP) is -0.591. The number of carbonyl (C=O) groups is 1. The fourth-order valence-electron chi connectivity index (χ4n) is 1.28. The number of nitrogens with one attached hydrogen (secondary N) is 1. The van der Waals surface area contributed by atoms with Gasteiger partial charge in [-0.1, -0.05) is 0 Å². The molecule has 5 nitrogen and oxygen atoms in total. The van der Waals surface area contributed by atoms with Gasteiger partial charge in [0.15, 0.2) is 0 Å². The van der Waals surface area contributed by atoms with Gasteiger partial charge in [0.25, 0.3) is 0 Å². The van der Waals surface area contributed by atoms with Crippen LogP contribution in [0.2, 0.25) is 0 Å². The SMILES string of the molecule is CC1CN(C(=O)NCCO)CCO1. The fraction of sp³-hybridized carbons (Fsp3) is 0.875. The number of urea groups is 1. The van der Waals surface area contributed by atoms with Crippen LogP contribution >= 0.6 is 0 Å². The summed E-state index contributed by atoms with van der Waals surface area (Å²) in [4.78, 5) is 13.0. The Kier molecular flexibility index (Phi) is 3.98. The van der Waals surface area contributed by atoms with Crippen LogP contribution in [-0.2, 0) is 4.74 Å². The van der Waals surface area contributed by atoms with E-state index >= 15 is 0 Å². The minimum atomic E-state index is -0.121. The van der Waals surface area contributed by atoms with Crippen molar-refractivity contribution in [1.82, 2.24) is 10.2 Å². The summed E-state index contributed by atoms with van der Waals surface area (Å²) in [6, 6.07) is -0.121. The summed E-state index contributed by atoms with van der Waals surface area (Å²) in [5.74, 6) is 0. The number of rotatable bonds is 2. The Labute approximate surface area is 77.7 Å². The lowest BCUT2D eigenvalue weighted by Gasteiger charge is -2.31. The molecule has 2 amide bonds. The largest absolute Gasteiger partial charge is 0.395 e. The van der Waals surface area contributed by atoms with Crippen molar-refractivity contribution in [1.29, 1.82) is 0 Å². The lowest BCUT2D eigenvalue weighted by atomic mass is 10.3. The molecule has 5 heteroatoms. The van der Waals surface area contributed by atoms with E-state index in [2.05, 4.69) is 5.32 Å². The maximum Gasteiger partial charge on any atom is 0.317 e. The molecule has 1 atom stereocenters. The predicted molar refractivity (Wildman–Crippen MR) is 47.5 cm³/mol. The lowest BCUT2D eigenvalue weighted by molar-refractivity contribution is -0.00355. The molecule has 0 radical (unpaired) electrons. The number of ether oxygens (including phenoxy) is 1. The standard InChI is InChI=1S/C8H16N2O3/c1-7-6-10(3-5-13-7)8(12)9-2-4-11/h7,11H,2-6H2,1H3,(H,9,12). The van der Waals surface area contributed by atoms with Crippen molar-refractivity contribution in [2.24, 2.45) is 0 Å². The van der Waals surface area contributed by atoms with Gasteiger partial charge in [0.05, 0.1) is 19.3 Å². The van der Waals surface area contributed by atoms with Crippen molar-refractivity contribution in [3.05, 3.63) is 0 Å². The summed E-state index contributed by atoms with van der Waals surface area (Å²) in [5, 5.41) is 11.1. The van der Waals surface area contributed by atoms with Crippen molar-refractivity contribution >= 4 is 6.03 Å². The summed E-state index contributed by atoms with van der Waals surface area (Å²) in [6.07, 6.45) is 0.105. The first-order chi connectivity index (χ1) is 6.24. The van der Waals surface area contributed by atoms with Gasteiger partial charge in [-0.15, -0.1) is 0 Å². The topological polar surface area (TPSA) is 61.8 Å². The average molecular weight is 188 g/mol. The molecule has 1 fully saturated rings. The monoisotopic (exact) mass is 188 g/mol. The molecule has 1 saturated heterocycles. The molecule has 1 aliphatic heterocycles. The average Bonchev–Trinajstić information content (AvgIpc) is 2.14. The quantitative estimate of drug-likeness (QED) is 0.609. The minimum absolute atomic E-state index is 0.0222. The first kappa shape index (κ1) is 10.3. The van der Waals surface area contributed by atoms with Crippen LogP contribution in [0.25, 0.3) is 0 Å². The van der Waals surface area contributed by atoms with Crippen molar-refractivity contribution in [2.75, 3.05) is 32.8 Å². The summed E-state index contributed by atoms with van der Waals surface area (Å²) in [6.45, 7) is 4.06. The minimum Gasteiger partial charge on any atom is -0.395 e. The zero-order valence-electron chi connectivity index (χ0n) is 7.82. The Hall–Kier alpha value is -0.810. The van der Waals surface area contributed by atoms with E-state index in [0.717, 1.165) is 0 Å². The van der Waals surface area contributed by atoms with Crippen LogP contribution in [0.5, 0.6) is 0 Å². The molecule has 1 heterocycles. The van der Waals surface area contributed by atoms with Gasteiger partial charge in [0, 0.05) is 19.6 Å². The molecule has 0 aliphatic carbocycles. The van der Waals surface area contributed by atoms with Gasteiger partial charge in [0.1, 0.15) is 0 Å². The second-order valence-electron chi connectivity index (χ2n) is 3.08. The summed E-state index contributed by atoms with van der Waals surface area (Å²) < 4.78 is 5.29. The molecule has 0 aromatic heterocycles. The number of aliphatic hydroxyl groups excluding tert-OH is 1. The first-order valence-corrected chi connectivity index (χ1v) is 4.49. The second kappa shape index (κ2) is 5.04. The van der Waals surface area contributed by atoms with Gasteiger partial charge >= 0.3 is 6.03 Å². The molecule has 1 unspecified atom stereocenters. The van der Waals surface area contributed by atoms with Crippen LogP contribution in [0.4, 0.5) is 4.79 Å². The molecule has 13 heavy (non-hydrogen) atoms. The van der Waals surface area contributed by atoms with Crippen LogP contribution < -0.4 is 5.32 Å². The summed E-state index contributed by atoms with van der Waals surface area (Å²) in [5.41, 5.74) is 0. The third-order valence-electron chi connectivity index (χ3n) is 1.92. The van der Waals surface area contributed by atoms with Gasteiger partial charge in [-0.3, -0.25) is 0 Å². The number of aliphatic hydroxyl groups is 1. The van der Waals surface area contributed by atoms with Crippen molar-refractivity contribution in [3.63, 3.8) is 0 Å². The van der Waals surface area contributed by atoms with Crippen molar-refractivity contribution in [3.8, 4) is 0 Å². The van der Waals surface area contributed by atoms with Crippen LogP contribution in [0.15, 0.2) is 0 Å². The summed E-state index contributed by atoms with van der Waals surface area (Å²) in [7, 11) is 0. The second-order valence-corrected chi connectivity index (χ2v) is 3.08. The molecule has 0 aromatic rings. The molecule has 0 bridgehead atoms. The van der Waals surface area contributed by atoms with Crippen LogP contribution in [0, 0.1) is 0 Å². The Morgan fingerprint density at radius 1 is 1.77 bits per heavy atom. The lowest BCUT2D eigenvalue weighted by Crippen LogP contribution is -2.49. The number of hydrogen-bond acceptors (Lipinski definition) is 3. The smallest absolute Gasteiger partial charge is 0.317 e. The fourth-order valence-corrected chi connectivity index (χ4v) is 1.28. The molecule has 1 rings (SSSR count). The third-order valence-corrected chi connectivity index (χ3v) is 1.92. The number of morpholine rings is 1. The first-order valence-electron chi connectivity index (χ1n) is 4.49. The van der Waals surface area contributed by atoms with Crippen molar-refractivity contribution in [2.45, 2.75) is 13.0 Å². The Bertz CT molecular complexity index is 175. The van der Waals surface area contributed by atoms with Gasteiger partial charge < -0.3 is 20.1 Å². The van der Waals surface area contributed by atoms with Crippen LogP contribution in [0.1, 0.15) is 6.92 Å². The molecule has 2 N–H and O–H groups in total. The Morgan fingerprint density at radius 2 is 2.54 bits per heavy atom. The molecule has 0 aromatic carbocycles. The van der Waals surface area contributed by atoms with Gasteiger partial charge in [-0.05, 0) is 6.92 Å². The number of carbonyl (C=O) groups excluding carboxylic acids is 1. The van der Waals surface area contributed by atoms with E-state index in [4.69, 9.17) is 9.84 Å². The highest BCUT2D eigenvalue weighted by molar-refractivity contribution is 5.74. The highest BCUT2D eigenvalue weighted by atomic mass is 16.5. The molecule has 1 aliphatic rings. The maximum atomic E-state index is 11.4. The summed E-state index contributed by atoms with van der Waals surface area (Å²) >= 11 is 0. The molecule has 0 spiro atoms. The van der Waals surface area contributed by atoms with E-state index in [1.807, 2.05) is 6.92 Å². The van der Waals surface area contributed by atoms with E-state index in [0.29, 0.717) is 26.2 Å². The number of hydrogen-bond donors (Lipinski definition) is 2. The van der Waals surface area contributed by atoms with Crippen LogP contribution in [0.3, 0.4) is 0 Å². The van der Waals surface area contributed by atoms with Crippen LogP contribution in [-0.4, -0.2) is 55.0 Å². The zero-order valence-corrected chi connectivity index (χ0v) is 7.82. The highest BCUT2D eigenvalue weighted by Crippen LogP contribution is 2.03. The molecular formula is C8H16N2O3. The highest BCUT2D eigenvalue weighted by Gasteiger charge is 2.20. The molecule has 0 saturated carbocycles. The normalized spacial score (nSPS) is 22.9. The van der Waals surface area contributed by atoms with Gasteiger partial charge in [-0.25, -0.2) is 4.79 Å². The Morgan fingerprint density at radius 3 is 3.15 bits per heavy atom. The van der Waals surface area contributed by atoms with E-state index in [1.165, 1.54) is 0 Å². The number of nitrogens with zero attached hydrogens (tertiary/aromatic N) is 1. The van der Waals surface area contributed by atoms with Gasteiger partial charge in [0.2, 0.25) is 0 Å². The maximum absolute atomic E-state index is 11.4. The number of amides is 2. The van der Waals surface area contributed by atoms with E-state index < -0.39 is 0 Å². The van der Waals surface area contributed by atoms with E-state index in [9.17, 15) is 4.79 Å². The van der Waals surface area contributed by atoms with E-state index in [1.54, 1.807) is 4.90 Å². The zero-order chi connectivity index (χ0) is 9.68. The Balaban J connectivity index is 2.28. The molecule has 76 valence electrons. The van der Waals surface area contributed by atoms with E-state index in [-0.39, 0.29) is 18.7 Å². The third kappa shape index (κ3) is 3.20. The van der Waals surface area contributed by atoms with Gasteiger partial charge in [-0.2, -0.15) is 0 Å². The van der Waals surface area contributed by atoms with Crippen molar-refractivity contribution < 1.29 is 14.6 Å².